The Morgan fingerprint density at radius 3 is 2.79 bits per heavy atom. The third-order valence-electron chi connectivity index (χ3n) is 3.10. The Labute approximate surface area is 83.6 Å². The van der Waals surface area contributed by atoms with Crippen LogP contribution in [0.15, 0.2) is 12.1 Å². The van der Waals surface area contributed by atoms with Crippen LogP contribution in [0.25, 0.3) is 0 Å². The number of phenols is 1. The molecule has 14 heavy (non-hydrogen) atoms. The van der Waals surface area contributed by atoms with Crippen molar-refractivity contribution in [2.24, 2.45) is 5.92 Å². The predicted octanol–water partition coefficient (Wildman–Crippen LogP) is 3.22. The number of phenolic OH excluding ortho intramolecular Hbond substituents is 1. The van der Waals surface area contributed by atoms with Crippen LogP contribution in [0.1, 0.15) is 37.3 Å². The van der Waals surface area contributed by atoms with E-state index in [2.05, 4.69) is 13.8 Å². The lowest BCUT2D eigenvalue weighted by Gasteiger charge is -2.16. The lowest BCUT2D eigenvalue weighted by molar-refractivity contribution is 0.458. The van der Waals surface area contributed by atoms with Gasteiger partial charge in [-0.05, 0) is 41.9 Å². The quantitative estimate of drug-likeness (QED) is 0.727. The van der Waals surface area contributed by atoms with Gasteiger partial charge >= 0.3 is 0 Å². The van der Waals surface area contributed by atoms with Gasteiger partial charge in [-0.1, -0.05) is 13.8 Å². The van der Waals surface area contributed by atoms with Gasteiger partial charge in [0.2, 0.25) is 0 Å². The molecule has 1 unspecified atom stereocenters. The molecule has 0 fully saturated rings. The zero-order valence-electron chi connectivity index (χ0n) is 8.55. The van der Waals surface area contributed by atoms with E-state index in [0.717, 1.165) is 24.0 Å². The molecule has 0 amide bonds. The van der Waals surface area contributed by atoms with Crippen LogP contribution < -0.4 is 0 Å². The van der Waals surface area contributed by atoms with Gasteiger partial charge in [0.1, 0.15) is 11.6 Å². The SMILES string of the molecule is CC(C)C1CCc2cc(O)cc(F)c21. The molecule has 1 nitrogen and oxygen atoms in total. The van der Waals surface area contributed by atoms with Crippen molar-refractivity contribution in [1.82, 2.24) is 0 Å². The van der Waals surface area contributed by atoms with E-state index in [1.54, 1.807) is 6.07 Å². The van der Waals surface area contributed by atoms with E-state index in [9.17, 15) is 9.50 Å². The average Bonchev–Trinajstić information content (AvgIpc) is 2.47. The molecule has 2 rings (SSSR count). The number of hydrogen-bond donors (Lipinski definition) is 1. The molecule has 0 spiro atoms. The van der Waals surface area contributed by atoms with Crippen LogP contribution in [0, 0.1) is 11.7 Å². The van der Waals surface area contributed by atoms with Gasteiger partial charge in [-0.25, -0.2) is 4.39 Å². The molecular formula is C12H15FO. The molecule has 0 heterocycles. The van der Waals surface area contributed by atoms with Gasteiger partial charge in [-0.3, -0.25) is 0 Å². The third-order valence-corrected chi connectivity index (χ3v) is 3.10. The van der Waals surface area contributed by atoms with Crippen molar-refractivity contribution in [1.29, 1.82) is 0 Å². The van der Waals surface area contributed by atoms with E-state index in [1.165, 1.54) is 6.07 Å². The van der Waals surface area contributed by atoms with Crippen molar-refractivity contribution < 1.29 is 9.50 Å². The summed E-state index contributed by atoms with van der Waals surface area (Å²) in [5, 5.41) is 9.26. The molecule has 1 aliphatic carbocycles. The molecule has 0 saturated carbocycles. The van der Waals surface area contributed by atoms with Crippen molar-refractivity contribution in [3.8, 4) is 5.75 Å². The highest BCUT2D eigenvalue weighted by atomic mass is 19.1. The van der Waals surface area contributed by atoms with Crippen LogP contribution in [-0.2, 0) is 6.42 Å². The van der Waals surface area contributed by atoms with Gasteiger partial charge < -0.3 is 5.11 Å². The Bertz CT molecular complexity index is 358. The van der Waals surface area contributed by atoms with Crippen molar-refractivity contribution in [2.75, 3.05) is 0 Å². The van der Waals surface area contributed by atoms with Crippen LogP contribution in [0.4, 0.5) is 4.39 Å². The summed E-state index contributed by atoms with van der Waals surface area (Å²) < 4.78 is 13.6. The van der Waals surface area contributed by atoms with Crippen LogP contribution >= 0.6 is 0 Å². The Balaban J connectivity index is 2.49. The molecule has 1 aromatic rings. The van der Waals surface area contributed by atoms with Crippen LogP contribution in [0.3, 0.4) is 0 Å². The van der Waals surface area contributed by atoms with Gasteiger partial charge in [0, 0.05) is 6.07 Å². The fourth-order valence-electron chi connectivity index (χ4n) is 2.40. The van der Waals surface area contributed by atoms with Crippen molar-refractivity contribution >= 4 is 0 Å². The van der Waals surface area contributed by atoms with E-state index < -0.39 is 0 Å². The first-order valence-corrected chi connectivity index (χ1v) is 5.11. The Kier molecular flexibility index (Phi) is 2.22. The number of halogens is 1. The lowest BCUT2D eigenvalue weighted by Crippen LogP contribution is -2.04. The zero-order chi connectivity index (χ0) is 10.3. The van der Waals surface area contributed by atoms with Gasteiger partial charge in [0.25, 0.3) is 0 Å². The standard InChI is InChI=1S/C12H15FO/c1-7(2)10-4-3-8-5-9(14)6-11(13)12(8)10/h5-7,10,14H,3-4H2,1-2H3. The first-order valence-electron chi connectivity index (χ1n) is 5.11. The van der Waals surface area contributed by atoms with Gasteiger partial charge in [-0.15, -0.1) is 0 Å². The first-order chi connectivity index (χ1) is 6.59. The van der Waals surface area contributed by atoms with Gasteiger partial charge in [0.15, 0.2) is 0 Å². The fraction of sp³-hybridized carbons (Fsp3) is 0.500. The van der Waals surface area contributed by atoms with E-state index in [1.807, 2.05) is 0 Å². The minimum Gasteiger partial charge on any atom is -0.508 e. The summed E-state index contributed by atoms with van der Waals surface area (Å²) in [7, 11) is 0. The van der Waals surface area contributed by atoms with Crippen LogP contribution in [0.5, 0.6) is 5.75 Å². The monoisotopic (exact) mass is 194 g/mol. The lowest BCUT2D eigenvalue weighted by atomic mass is 9.90. The molecular weight excluding hydrogens is 179 g/mol. The normalized spacial score (nSPS) is 20.1. The molecule has 0 aliphatic heterocycles. The molecule has 0 radical (unpaired) electrons. The number of rotatable bonds is 1. The second kappa shape index (κ2) is 3.26. The smallest absolute Gasteiger partial charge is 0.130 e. The largest absolute Gasteiger partial charge is 0.508 e. The second-order valence-corrected chi connectivity index (χ2v) is 4.39. The summed E-state index contributed by atoms with van der Waals surface area (Å²) in [6.45, 7) is 4.23. The number of hydrogen-bond acceptors (Lipinski definition) is 1. The molecule has 1 N–H and O–H groups in total. The van der Waals surface area contributed by atoms with Crippen LogP contribution in [-0.4, -0.2) is 5.11 Å². The molecule has 0 saturated heterocycles. The maximum atomic E-state index is 13.6. The maximum absolute atomic E-state index is 13.6. The van der Waals surface area contributed by atoms with Crippen molar-refractivity contribution in [3.63, 3.8) is 0 Å². The summed E-state index contributed by atoms with van der Waals surface area (Å²) >= 11 is 0. The minimum absolute atomic E-state index is 0.0469. The molecule has 2 heteroatoms. The molecule has 0 aromatic heterocycles. The molecule has 1 atom stereocenters. The summed E-state index contributed by atoms with van der Waals surface area (Å²) in [5.74, 6) is 0.600. The highest BCUT2D eigenvalue weighted by molar-refractivity contribution is 5.41. The Morgan fingerprint density at radius 1 is 1.43 bits per heavy atom. The van der Waals surface area contributed by atoms with E-state index in [0.29, 0.717) is 11.8 Å². The number of benzene rings is 1. The van der Waals surface area contributed by atoms with E-state index in [4.69, 9.17) is 0 Å². The summed E-state index contributed by atoms with van der Waals surface area (Å²) in [6, 6.07) is 2.92. The van der Waals surface area contributed by atoms with Gasteiger partial charge in [-0.2, -0.15) is 0 Å². The number of aryl methyl sites for hydroxylation is 1. The summed E-state index contributed by atoms with van der Waals surface area (Å²) in [4.78, 5) is 0. The van der Waals surface area contributed by atoms with Gasteiger partial charge in [0.05, 0.1) is 0 Å². The fourth-order valence-corrected chi connectivity index (χ4v) is 2.40. The zero-order valence-corrected chi connectivity index (χ0v) is 8.55. The summed E-state index contributed by atoms with van der Waals surface area (Å²) in [6.07, 6.45) is 1.90. The minimum atomic E-state index is -0.240. The van der Waals surface area contributed by atoms with E-state index >= 15 is 0 Å². The predicted molar refractivity (Wildman–Crippen MR) is 54.0 cm³/mol. The second-order valence-electron chi connectivity index (χ2n) is 4.39. The topological polar surface area (TPSA) is 20.2 Å². The molecule has 1 aromatic carbocycles. The van der Waals surface area contributed by atoms with Crippen molar-refractivity contribution in [3.05, 3.63) is 29.1 Å². The van der Waals surface area contributed by atoms with E-state index in [-0.39, 0.29) is 11.6 Å². The average molecular weight is 194 g/mol. The Hall–Kier alpha value is -1.05. The highest BCUT2D eigenvalue weighted by Gasteiger charge is 2.28. The van der Waals surface area contributed by atoms with Crippen molar-refractivity contribution in [2.45, 2.75) is 32.6 Å². The maximum Gasteiger partial charge on any atom is 0.130 e. The first kappa shape index (κ1) is 9.50. The number of aromatic hydroxyl groups is 1. The number of fused-ring (bicyclic) bond motifs is 1. The molecule has 76 valence electrons. The highest BCUT2D eigenvalue weighted by Crippen LogP contribution is 2.41. The molecule has 0 bridgehead atoms. The summed E-state index contributed by atoms with van der Waals surface area (Å²) in [5.41, 5.74) is 1.82. The molecule has 1 aliphatic rings. The Morgan fingerprint density at radius 2 is 2.14 bits per heavy atom. The van der Waals surface area contributed by atoms with Crippen LogP contribution in [0.2, 0.25) is 0 Å². The third kappa shape index (κ3) is 1.39.